The van der Waals surface area contributed by atoms with Crippen LogP contribution in [0.2, 0.25) is 0 Å². The van der Waals surface area contributed by atoms with E-state index in [2.05, 4.69) is 15.7 Å². The summed E-state index contributed by atoms with van der Waals surface area (Å²) in [5.74, 6) is -0.904. The fourth-order valence-electron chi connectivity index (χ4n) is 1.59. The van der Waals surface area contributed by atoms with E-state index in [-0.39, 0.29) is 6.54 Å². The van der Waals surface area contributed by atoms with Gasteiger partial charge in [0.15, 0.2) is 0 Å². The minimum atomic E-state index is -0.456. The van der Waals surface area contributed by atoms with Gasteiger partial charge in [0.05, 0.1) is 11.9 Å². The highest BCUT2D eigenvalue weighted by Gasteiger charge is 2.07. The van der Waals surface area contributed by atoms with E-state index in [0.717, 1.165) is 4.68 Å². The van der Waals surface area contributed by atoms with Crippen molar-refractivity contribution in [2.45, 2.75) is 6.54 Å². The minimum absolute atomic E-state index is 0.237. The van der Waals surface area contributed by atoms with Gasteiger partial charge in [-0.05, 0) is 18.2 Å². The van der Waals surface area contributed by atoms with E-state index in [0.29, 0.717) is 11.4 Å². The number of carbonyl (C=O) groups excluding carboxylic acids is 1. The van der Waals surface area contributed by atoms with Crippen molar-refractivity contribution in [3.05, 3.63) is 52.7 Å². The van der Waals surface area contributed by atoms with E-state index in [1.54, 1.807) is 13.1 Å². The van der Waals surface area contributed by atoms with Gasteiger partial charge >= 0.3 is 0 Å². The second-order valence-electron chi connectivity index (χ2n) is 4.05. The standard InChI is InChI=1S/C13H13FN4O2/c1-15-11-6-13(20)18(16-7-11)8-12(19)17-10-4-2-3-9(14)5-10/h2-7,15H,8H2,1H3,(H,17,19). The fourth-order valence-corrected chi connectivity index (χ4v) is 1.59. The molecule has 2 N–H and O–H groups in total. The average molecular weight is 276 g/mol. The molecule has 1 amide bonds. The number of aromatic nitrogens is 2. The Kier molecular flexibility index (Phi) is 4.09. The van der Waals surface area contributed by atoms with Crippen molar-refractivity contribution in [2.75, 3.05) is 17.7 Å². The summed E-state index contributed by atoms with van der Waals surface area (Å²) in [6, 6.07) is 6.84. The van der Waals surface area contributed by atoms with Gasteiger partial charge in [-0.1, -0.05) is 6.07 Å². The second-order valence-corrected chi connectivity index (χ2v) is 4.05. The molecule has 7 heteroatoms. The molecule has 0 aliphatic carbocycles. The van der Waals surface area contributed by atoms with Gasteiger partial charge in [0, 0.05) is 18.8 Å². The van der Waals surface area contributed by atoms with Crippen molar-refractivity contribution in [2.24, 2.45) is 0 Å². The average Bonchev–Trinajstić information content (AvgIpc) is 2.41. The molecular weight excluding hydrogens is 263 g/mol. The Bertz CT molecular complexity index is 684. The zero-order valence-electron chi connectivity index (χ0n) is 10.8. The van der Waals surface area contributed by atoms with E-state index in [4.69, 9.17) is 0 Å². The zero-order valence-corrected chi connectivity index (χ0v) is 10.8. The van der Waals surface area contributed by atoms with Crippen LogP contribution in [0.15, 0.2) is 41.3 Å². The van der Waals surface area contributed by atoms with E-state index >= 15 is 0 Å². The first kappa shape index (κ1) is 13.7. The second kappa shape index (κ2) is 5.96. The monoisotopic (exact) mass is 276 g/mol. The van der Waals surface area contributed by atoms with Crippen molar-refractivity contribution in [3.63, 3.8) is 0 Å². The van der Waals surface area contributed by atoms with Gasteiger partial charge in [0.25, 0.3) is 5.56 Å². The molecule has 0 bridgehead atoms. The SMILES string of the molecule is CNc1cnn(CC(=O)Nc2cccc(F)c2)c(=O)c1. The van der Waals surface area contributed by atoms with Crippen LogP contribution in [0.1, 0.15) is 0 Å². The third-order valence-electron chi connectivity index (χ3n) is 2.56. The molecule has 2 aromatic rings. The van der Waals surface area contributed by atoms with Gasteiger partial charge in [0.2, 0.25) is 5.91 Å². The lowest BCUT2D eigenvalue weighted by Gasteiger charge is -2.07. The highest BCUT2D eigenvalue weighted by Crippen LogP contribution is 2.08. The van der Waals surface area contributed by atoms with Gasteiger partial charge < -0.3 is 10.6 Å². The van der Waals surface area contributed by atoms with E-state index in [1.807, 2.05) is 0 Å². The zero-order chi connectivity index (χ0) is 14.5. The maximum atomic E-state index is 13.0. The quantitative estimate of drug-likeness (QED) is 0.875. The van der Waals surface area contributed by atoms with Gasteiger partial charge in [0.1, 0.15) is 12.4 Å². The summed E-state index contributed by atoms with van der Waals surface area (Å²) in [6.07, 6.45) is 1.44. The number of benzene rings is 1. The number of nitrogens with one attached hydrogen (secondary N) is 2. The Morgan fingerprint density at radius 3 is 2.80 bits per heavy atom. The minimum Gasteiger partial charge on any atom is -0.387 e. The van der Waals surface area contributed by atoms with Gasteiger partial charge in [-0.15, -0.1) is 0 Å². The molecule has 1 heterocycles. The molecule has 0 fully saturated rings. The van der Waals surface area contributed by atoms with Crippen LogP contribution in [0.3, 0.4) is 0 Å². The lowest BCUT2D eigenvalue weighted by molar-refractivity contribution is -0.117. The molecule has 0 saturated carbocycles. The van der Waals surface area contributed by atoms with Gasteiger partial charge in [-0.2, -0.15) is 5.10 Å². The van der Waals surface area contributed by atoms with Crippen LogP contribution in [0.4, 0.5) is 15.8 Å². The summed E-state index contributed by atoms with van der Waals surface area (Å²) in [4.78, 5) is 23.4. The van der Waals surface area contributed by atoms with Crippen LogP contribution < -0.4 is 16.2 Å². The number of carbonyl (C=O) groups is 1. The predicted octanol–water partition coefficient (Wildman–Crippen LogP) is 1.06. The molecular formula is C13H13FN4O2. The van der Waals surface area contributed by atoms with Crippen LogP contribution in [0, 0.1) is 5.82 Å². The van der Waals surface area contributed by atoms with Crippen molar-refractivity contribution in [3.8, 4) is 0 Å². The molecule has 0 unspecified atom stereocenters. The van der Waals surface area contributed by atoms with Gasteiger partial charge in [-0.25, -0.2) is 9.07 Å². The summed E-state index contributed by atoms with van der Waals surface area (Å²) in [5.41, 5.74) is 0.498. The van der Waals surface area contributed by atoms with Crippen LogP contribution in [0.5, 0.6) is 0 Å². The van der Waals surface area contributed by atoms with Crippen LogP contribution in [-0.2, 0) is 11.3 Å². The lowest BCUT2D eigenvalue weighted by Crippen LogP contribution is -2.29. The van der Waals surface area contributed by atoms with Crippen LogP contribution in [0.25, 0.3) is 0 Å². The molecule has 1 aromatic heterocycles. The summed E-state index contributed by atoms with van der Waals surface area (Å²) in [7, 11) is 1.66. The Morgan fingerprint density at radius 1 is 1.35 bits per heavy atom. The molecule has 1 aromatic carbocycles. The Labute approximate surface area is 114 Å². The van der Waals surface area contributed by atoms with E-state index in [9.17, 15) is 14.0 Å². The molecule has 0 radical (unpaired) electrons. The number of hydrogen-bond donors (Lipinski definition) is 2. The maximum absolute atomic E-state index is 13.0. The largest absolute Gasteiger partial charge is 0.387 e. The molecule has 0 saturated heterocycles. The molecule has 104 valence electrons. The highest BCUT2D eigenvalue weighted by atomic mass is 19.1. The molecule has 0 atom stereocenters. The van der Waals surface area contributed by atoms with Crippen LogP contribution >= 0.6 is 0 Å². The fraction of sp³-hybridized carbons (Fsp3) is 0.154. The molecule has 2 rings (SSSR count). The Hall–Kier alpha value is -2.70. The number of nitrogens with zero attached hydrogens (tertiary/aromatic N) is 2. The highest BCUT2D eigenvalue weighted by molar-refractivity contribution is 5.90. The van der Waals surface area contributed by atoms with E-state index < -0.39 is 17.3 Å². The topological polar surface area (TPSA) is 76.0 Å². The number of hydrogen-bond acceptors (Lipinski definition) is 4. The van der Waals surface area contributed by atoms with Crippen molar-refractivity contribution in [1.29, 1.82) is 0 Å². The number of rotatable bonds is 4. The third kappa shape index (κ3) is 3.41. The normalized spacial score (nSPS) is 10.1. The first-order valence-corrected chi connectivity index (χ1v) is 5.89. The molecule has 20 heavy (non-hydrogen) atoms. The predicted molar refractivity (Wildman–Crippen MR) is 73.1 cm³/mol. The van der Waals surface area contributed by atoms with E-state index in [1.165, 1.54) is 30.5 Å². The molecule has 6 nitrogen and oxygen atoms in total. The lowest BCUT2D eigenvalue weighted by atomic mass is 10.3. The van der Waals surface area contributed by atoms with Crippen molar-refractivity contribution < 1.29 is 9.18 Å². The molecule has 0 spiro atoms. The molecule has 0 aliphatic rings. The van der Waals surface area contributed by atoms with Crippen molar-refractivity contribution >= 4 is 17.3 Å². The first-order chi connectivity index (χ1) is 9.58. The summed E-state index contributed by atoms with van der Waals surface area (Å²) in [6.45, 7) is -0.237. The number of halogens is 1. The number of amides is 1. The smallest absolute Gasteiger partial charge is 0.269 e. The van der Waals surface area contributed by atoms with Crippen LogP contribution in [-0.4, -0.2) is 22.7 Å². The maximum Gasteiger partial charge on any atom is 0.269 e. The van der Waals surface area contributed by atoms with Gasteiger partial charge in [-0.3, -0.25) is 9.59 Å². The Balaban J connectivity index is 2.07. The molecule has 0 aliphatic heterocycles. The first-order valence-electron chi connectivity index (χ1n) is 5.89. The Morgan fingerprint density at radius 2 is 2.15 bits per heavy atom. The third-order valence-corrected chi connectivity index (χ3v) is 2.56. The number of anilines is 2. The van der Waals surface area contributed by atoms with Crippen molar-refractivity contribution in [1.82, 2.24) is 9.78 Å². The summed E-state index contributed by atoms with van der Waals surface area (Å²) in [5, 5.41) is 9.12. The summed E-state index contributed by atoms with van der Waals surface area (Å²) >= 11 is 0. The summed E-state index contributed by atoms with van der Waals surface area (Å²) < 4.78 is 14.0.